The second-order valence-electron chi connectivity index (χ2n) is 4.17. The topological polar surface area (TPSA) is 65.8 Å². The first-order valence-electron chi connectivity index (χ1n) is 5.88. The number of carbonyl (C=O) groups excluding carboxylic acids is 1. The Bertz CT molecular complexity index is 627. The van der Waals surface area contributed by atoms with Gasteiger partial charge in [0.15, 0.2) is 0 Å². The number of nitriles is 1. The molecule has 0 atom stereocenters. The Hall–Kier alpha value is -2.67. The van der Waals surface area contributed by atoms with Crippen molar-refractivity contribution < 1.29 is 4.79 Å². The van der Waals surface area contributed by atoms with Crippen molar-refractivity contribution in [3.63, 3.8) is 0 Å². The Morgan fingerprint density at radius 2 is 2.00 bits per heavy atom. The van der Waals surface area contributed by atoms with Crippen LogP contribution in [0, 0.1) is 18.3 Å². The molecule has 0 unspecified atom stereocenters. The van der Waals surface area contributed by atoms with Crippen molar-refractivity contribution >= 4 is 5.91 Å². The van der Waals surface area contributed by atoms with E-state index in [2.05, 4.69) is 10.3 Å². The van der Waals surface area contributed by atoms with Gasteiger partial charge in [0.25, 0.3) is 5.91 Å². The minimum atomic E-state index is -0.289. The third-order valence-corrected chi connectivity index (χ3v) is 2.71. The zero-order valence-corrected chi connectivity index (χ0v) is 10.6. The van der Waals surface area contributed by atoms with Crippen molar-refractivity contribution in [2.75, 3.05) is 6.54 Å². The second kappa shape index (κ2) is 5.78. The van der Waals surface area contributed by atoms with Gasteiger partial charge in [0.1, 0.15) is 6.54 Å². The summed E-state index contributed by atoms with van der Waals surface area (Å²) in [5.41, 5.74) is 3.52. The minimum Gasteiger partial charge on any atom is -0.339 e. The van der Waals surface area contributed by atoms with Crippen LogP contribution in [0.5, 0.6) is 0 Å². The molecule has 94 valence electrons. The number of benzene rings is 1. The molecule has 0 aliphatic heterocycles. The van der Waals surface area contributed by atoms with Crippen LogP contribution in [0.15, 0.2) is 42.7 Å². The van der Waals surface area contributed by atoms with Crippen molar-refractivity contribution in [3.8, 4) is 17.2 Å². The smallest absolute Gasteiger partial charge is 0.253 e. The predicted octanol–water partition coefficient (Wildman–Crippen LogP) is 2.31. The average molecular weight is 251 g/mol. The third kappa shape index (κ3) is 3.17. The van der Waals surface area contributed by atoms with Gasteiger partial charge in [0.2, 0.25) is 0 Å². The van der Waals surface area contributed by atoms with Crippen LogP contribution in [0.4, 0.5) is 0 Å². The van der Waals surface area contributed by atoms with Crippen molar-refractivity contribution in [3.05, 3.63) is 53.9 Å². The van der Waals surface area contributed by atoms with E-state index in [1.165, 1.54) is 11.8 Å². The fourth-order valence-corrected chi connectivity index (χ4v) is 1.69. The maximum atomic E-state index is 11.7. The summed E-state index contributed by atoms with van der Waals surface area (Å²) in [5, 5.41) is 10.9. The molecule has 1 amide bonds. The fourth-order valence-electron chi connectivity index (χ4n) is 1.69. The maximum absolute atomic E-state index is 11.7. The van der Waals surface area contributed by atoms with Crippen LogP contribution in [0.25, 0.3) is 11.1 Å². The number of pyridine rings is 1. The zero-order valence-electron chi connectivity index (χ0n) is 10.6. The van der Waals surface area contributed by atoms with E-state index >= 15 is 0 Å². The molecular formula is C15H13N3O. The average Bonchev–Trinajstić information content (AvgIpc) is 2.45. The lowest BCUT2D eigenvalue weighted by atomic mass is 10.0. The van der Waals surface area contributed by atoms with Gasteiger partial charge in [-0.15, -0.1) is 0 Å². The highest BCUT2D eigenvalue weighted by atomic mass is 16.1. The summed E-state index contributed by atoms with van der Waals surface area (Å²) < 4.78 is 0. The van der Waals surface area contributed by atoms with E-state index < -0.39 is 0 Å². The summed E-state index contributed by atoms with van der Waals surface area (Å²) in [4.78, 5) is 15.8. The van der Waals surface area contributed by atoms with Crippen molar-refractivity contribution in [1.29, 1.82) is 5.26 Å². The molecule has 0 bridgehead atoms. The quantitative estimate of drug-likeness (QED) is 0.851. The highest BCUT2D eigenvalue weighted by Gasteiger charge is 2.07. The fraction of sp³-hybridized carbons (Fsp3) is 0.133. The zero-order chi connectivity index (χ0) is 13.7. The molecular weight excluding hydrogens is 238 g/mol. The molecule has 0 aliphatic rings. The Morgan fingerprint density at radius 3 is 2.68 bits per heavy atom. The van der Waals surface area contributed by atoms with Gasteiger partial charge in [0.05, 0.1) is 11.6 Å². The van der Waals surface area contributed by atoms with Gasteiger partial charge in [-0.25, -0.2) is 0 Å². The summed E-state index contributed by atoms with van der Waals surface area (Å²) in [6.45, 7) is 2.02. The number of amides is 1. The number of nitrogens with zero attached hydrogens (tertiary/aromatic N) is 2. The van der Waals surface area contributed by atoms with Crippen LogP contribution in [0.1, 0.15) is 15.9 Å². The van der Waals surface area contributed by atoms with E-state index in [1.54, 1.807) is 12.3 Å². The number of aromatic nitrogens is 1. The molecule has 0 aliphatic carbocycles. The molecule has 2 aromatic rings. The van der Waals surface area contributed by atoms with E-state index in [9.17, 15) is 4.79 Å². The molecule has 1 heterocycles. The van der Waals surface area contributed by atoms with E-state index in [1.807, 2.05) is 37.3 Å². The number of carbonyl (C=O) groups is 1. The highest BCUT2D eigenvalue weighted by Crippen LogP contribution is 2.19. The van der Waals surface area contributed by atoms with Gasteiger partial charge in [-0.1, -0.05) is 29.8 Å². The molecule has 1 aromatic heterocycles. The van der Waals surface area contributed by atoms with Gasteiger partial charge < -0.3 is 5.32 Å². The van der Waals surface area contributed by atoms with Crippen molar-refractivity contribution in [1.82, 2.24) is 10.3 Å². The van der Waals surface area contributed by atoms with E-state index in [-0.39, 0.29) is 12.5 Å². The molecule has 19 heavy (non-hydrogen) atoms. The molecule has 0 radical (unpaired) electrons. The Morgan fingerprint density at radius 1 is 1.26 bits per heavy atom. The molecule has 2 rings (SSSR count). The number of rotatable bonds is 3. The van der Waals surface area contributed by atoms with Crippen LogP contribution in [0.2, 0.25) is 0 Å². The molecule has 0 saturated carbocycles. The summed E-state index contributed by atoms with van der Waals surface area (Å²) >= 11 is 0. The monoisotopic (exact) mass is 251 g/mol. The number of nitrogens with one attached hydrogen (secondary N) is 1. The molecule has 1 N–H and O–H groups in total. The lowest BCUT2D eigenvalue weighted by Gasteiger charge is -2.05. The lowest BCUT2D eigenvalue weighted by molar-refractivity contribution is 0.0958. The minimum absolute atomic E-state index is 0.00636. The standard InChI is InChI=1S/C15H13N3O/c1-11-2-4-12(5-3-11)13-8-14(10-17-9-13)15(19)18-7-6-16/h2-5,8-10H,7H2,1H3,(H,18,19). The van der Waals surface area contributed by atoms with Gasteiger partial charge in [-0.2, -0.15) is 5.26 Å². The van der Waals surface area contributed by atoms with E-state index in [4.69, 9.17) is 5.26 Å². The van der Waals surface area contributed by atoms with E-state index in [0.29, 0.717) is 5.56 Å². The summed E-state index contributed by atoms with van der Waals surface area (Å²) in [7, 11) is 0. The molecule has 4 heteroatoms. The summed E-state index contributed by atoms with van der Waals surface area (Å²) in [6, 6.07) is 11.6. The molecule has 1 aromatic carbocycles. The largest absolute Gasteiger partial charge is 0.339 e. The molecule has 0 fully saturated rings. The first-order valence-corrected chi connectivity index (χ1v) is 5.88. The SMILES string of the molecule is Cc1ccc(-c2cncc(C(=O)NCC#N)c2)cc1. The van der Waals surface area contributed by atoms with Crippen molar-refractivity contribution in [2.45, 2.75) is 6.92 Å². The summed E-state index contributed by atoms with van der Waals surface area (Å²) in [5.74, 6) is -0.289. The molecule has 0 spiro atoms. The number of hydrogen-bond donors (Lipinski definition) is 1. The first kappa shape index (κ1) is 12.8. The number of hydrogen-bond acceptors (Lipinski definition) is 3. The van der Waals surface area contributed by atoms with Crippen LogP contribution in [-0.4, -0.2) is 17.4 Å². The van der Waals surface area contributed by atoms with E-state index in [0.717, 1.165) is 11.1 Å². The summed E-state index contributed by atoms with van der Waals surface area (Å²) in [6.07, 6.45) is 3.20. The Labute approximate surface area is 111 Å². The van der Waals surface area contributed by atoms with Crippen molar-refractivity contribution in [2.24, 2.45) is 0 Å². The van der Waals surface area contributed by atoms with Gasteiger partial charge in [-0.3, -0.25) is 9.78 Å². The van der Waals surface area contributed by atoms with Gasteiger partial charge in [-0.05, 0) is 18.6 Å². The lowest BCUT2D eigenvalue weighted by Crippen LogP contribution is -2.23. The van der Waals surface area contributed by atoms with Crippen LogP contribution in [0.3, 0.4) is 0 Å². The van der Waals surface area contributed by atoms with Crippen LogP contribution < -0.4 is 5.32 Å². The Balaban J connectivity index is 2.27. The Kier molecular flexibility index (Phi) is 3.89. The van der Waals surface area contributed by atoms with Crippen LogP contribution >= 0.6 is 0 Å². The molecule has 0 saturated heterocycles. The highest BCUT2D eigenvalue weighted by molar-refractivity contribution is 5.95. The normalized spacial score (nSPS) is 9.68. The maximum Gasteiger partial charge on any atom is 0.253 e. The second-order valence-corrected chi connectivity index (χ2v) is 4.17. The number of aryl methyl sites for hydroxylation is 1. The first-order chi connectivity index (χ1) is 9.20. The third-order valence-electron chi connectivity index (χ3n) is 2.71. The van der Waals surface area contributed by atoms with Crippen LogP contribution in [-0.2, 0) is 0 Å². The van der Waals surface area contributed by atoms with Gasteiger partial charge >= 0.3 is 0 Å². The molecule has 4 nitrogen and oxygen atoms in total. The van der Waals surface area contributed by atoms with Gasteiger partial charge in [0, 0.05) is 18.0 Å². The predicted molar refractivity (Wildman–Crippen MR) is 72.4 cm³/mol.